The van der Waals surface area contributed by atoms with Crippen molar-refractivity contribution in [1.82, 2.24) is 15.1 Å². The largest absolute Gasteiger partial charge is 0.333 e. The highest BCUT2D eigenvalue weighted by atomic mass is 35.5. The van der Waals surface area contributed by atoms with Crippen LogP contribution < -0.4 is 0 Å². The van der Waals surface area contributed by atoms with E-state index in [-0.39, 0.29) is 29.1 Å². The summed E-state index contributed by atoms with van der Waals surface area (Å²) in [7, 11) is -0.704. The van der Waals surface area contributed by atoms with E-state index in [1.54, 1.807) is 23.1 Å². The molecule has 1 aliphatic heterocycles. The first-order chi connectivity index (χ1) is 12.5. The Morgan fingerprint density at radius 2 is 2.08 bits per heavy atom. The van der Waals surface area contributed by atoms with Crippen LogP contribution in [0.4, 0.5) is 4.39 Å². The number of amides is 1. The Kier molecular flexibility index (Phi) is 6.43. The van der Waals surface area contributed by atoms with E-state index in [0.29, 0.717) is 18.0 Å². The number of nitrogens with zero attached hydrogens (tertiary/aromatic N) is 2. The van der Waals surface area contributed by atoms with Crippen molar-refractivity contribution in [2.75, 3.05) is 18.1 Å². The number of nitrogens with one attached hydrogen (secondary N) is 1. The molecule has 0 saturated carbocycles. The van der Waals surface area contributed by atoms with E-state index in [1.807, 2.05) is 0 Å². The van der Waals surface area contributed by atoms with Crippen LogP contribution in [0.2, 0.25) is 5.15 Å². The molecule has 1 fully saturated rings. The molecule has 1 saturated heterocycles. The van der Waals surface area contributed by atoms with Crippen LogP contribution >= 0.6 is 11.6 Å². The number of carbonyl (C=O) groups is 1. The summed E-state index contributed by atoms with van der Waals surface area (Å²) in [6, 6.07) is 7.92. The summed E-state index contributed by atoms with van der Waals surface area (Å²) in [5, 5.41) is 6.76. The highest BCUT2D eigenvalue weighted by Gasteiger charge is 2.23. The van der Waals surface area contributed by atoms with Crippen molar-refractivity contribution in [1.29, 1.82) is 0 Å². The van der Waals surface area contributed by atoms with Gasteiger partial charge in [0, 0.05) is 47.0 Å². The highest BCUT2D eigenvalue weighted by molar-refractivity contribution is 7.85. The molecule has 0 bridgehead atoms. The maximum absolute atomic E-state index is 14.0. The summed E-state index contributed by atoms with van der Waals surface area (Å²) in [6.45, 7) is 0.670. The predicted octanol–water partition coefficient (Wildman–Crippen LogP) is 3.39. The molecule has 1 aromatic heterocycles. The molecule has 26 heavy (non-hydrogen) atoms. The third-order valence-corrected chi connectivity index (χ3v) is 6.26. The lowest BCUT2D eigenvalue weighted by atomic mass is 9.98. The van der Waals surface area contributed by atoms with E-state index in [4.69, 9.17) is 11.6 Å². The molecule has 0 atom stereocenters. The second kappa shape index (κ2) is 8.77. The van der Waals surface area contributed by atoms with Crippen molar-refractivity contribution in [2.45, 2.75) is 25.8 Å². The molecule has 0 aliphatic carbocycles. The number of aromatic nitrogens is 2. The number of halogens is 2. The van der Waals surface area contributed by atoms with Crippen LogP contribution in [0.1, 0.15) is 35.3 Å². The zero-order chi connectivity index (χ0) is 18.5. The van der Waals surface area contributed by atoms with Crippen molar-refractivity contribution in [3.05, 3.63) is 52.6 Å². The second-order valence-electron chi connectivity index (χ2n) is 6.50. The minimum atomic E-state index is -0.704. The van der Waals surface area contributed by atoms with Crippen molar-refractivity contribution >= 4 is 28.3 Å². The van der Waals surface area contributed by atoms with Crippen LogP contribution in [-0.2, 0) is 17.3 Å². The van der Waals surface area contributed by atoms with Crippen LogP contribution in [0.25, 0.3) is 0 Å². The molecule has 0 spiro atoms. The van der Waals surface area contributed by atoms with Crippen LogP contribution in [0.15, 0.2) is 30.3 Å². The molecular weight excluding hydrogens is 377 g/mol. The molecule has 0 unspecified atom stereocenters. The molecule has 1 N–H and O–H groups in total. The Morgan fingerprint density at radius 3 is 2.73 bits per heavy atom. The quantitative estimate of drug-likeness (QED) is 0.812. The minimum absolute atomic E-state index is 0.175. The zero-order valence-electron chi connectivity index (χ0n) is 14.3. The smallest absolute Gasteiger partial charge is 0.274 e. The van der Waals surface area contributed by atoms with Crippen LogP contribution in [0.5, 0.6) is 0 Å². The van der Waals surface area contributed by atoms with Gasteiger partial charge in [-0.15, -0.1) is 0 Å². The van der Waals surface area contributed by atoms with Crippen LogP contribution in [0, 0.1) is 11.7 Å². The molecule has 2 aromatic rings. The van der Waals surface area contributed by atoms with E-state index < -0.39 is 10.8 Å². The van der Waals surface area contributed by atoms with E-state index >= 15 is 0 Å². The number of rotatable bonds is 6. The average Bonchev–Trinajstić information content (AvgIpc) is 3.07. The van der Waals surface area contributed by atoms with E-state index in [2.05, 4.69) is 10.2 Å². The van der Waals surface area contributed by atoms with Gasteiger partial charge in [0.1, 0.15) is 11.0 Å². The molecule has 140 valence electrons. The monoisotopic (exact) mass is 397 g/mol. The van der Waals surface area contributed by atoms with Crippen LogP contribution in [0.3, 0.4) is 0 Å². The fourth-order valence-electron chi connectivity index (χ4n) is 3.12. The van der Waals surface area contributed by atoms with Gasteiger partial charge in [0.15, 0.2) is 5.69 Å². The number of hydrogen-bond acceptors (Lipinski definition) is 3. The van der Waals surface area contributed by atoms with Gasteiger partial charge in [0.2, 0.25) is 0 Å². The third-order valence-electron chi connectivity index (χ3n) is 4.69. The SMILES string of the molecule is O=C(c1cc(Cl)[nH]n1)N(CCC1CCS(=O)CC1)Cc1ccccc1F. The highest BCUT2D eigenvalue weighted by Crippen LogP contribution is 2.22. The van der Waals surface area contributed by atoms with E-state index in [1.165, 1.54) is 12.1 Å². The molecule has 2 heterocycles. The van der Waals surface area contributed by atoms with Gasteiger partial charge in [-0.3, -0.25) is 14.1 Å². The molecule has 5 nitrogen and oxygen atoms in total. The molecule has 3 rings (SSSR count). The van der Waals surface area contributed by atoms with Crippen molar-refractivity contribution in [3.8, 4) is 0 Å². The van der Waals surface area contributed by atoms with Gasteiger partial charge in [0.25, 0.3) is 5.91 Å². The maximum atomic E-state index is 14.0. The number of H-pyrrole nitrogens is 1. The predicted molar refractivity (Wildman–Crippen MR) is 100.0 cm³/mol. The molecule has 1 aromatic carbocycles. The summed E-state index contributed by atoms with van der Waals surface area (Å²) in [6.07, 6.45) is 2.61. The summed E-state index contributed by atoms with van der Waals surface area (Å²) in [5.41, 5.74) is 0.684. The molecule has 8 heteroatoms. The normalized spacial score (nSPS) is 20.1. The Balaban J connectivity index is 1.71. The fraction of sp³-hybridized carbons (Fsp3) is 0.444. The van der Waals surface area contributed by atoms with Gasteiger partial charge in [-0.25, -0.2) is 4.39 Å². The first-order valence-corrected chi connectivity index (χ1v) is 10.5. The van der Waals surface area contributed by atoms with Crippen molar-refractivity contribution in [3.63, 3.8) is 0 Å². The maximum Gasteiger partial charge on any atom is 0.274 e. The Bertz CT molecular complexity index is 788. The van der Waals surface area contributed by atoms with Gasteiger partial charge < -0.3 is 4.90 Å². The molecule has 1 aliphatic rings. The summed E-state index contributed by atoms with van der Waals surface area (Å²) in [4.78, 5) is 14.4. The van der Waals surface area contributed by atoms with E-state index in [9.17, 15) is 13.4 Å². The molecule has 0 radical (unpaired) electrons. The lowest BCUT2D eigenvalue weighted by molar-refractivity contribution is 0.0724. The zero-order valence-corrected chi connectivity index (χ0v) is 15.9. The number of hydrogen-bond donors (Lipinski definition) is 1. The van der Waals surface area contributed by atoms with Crippen molar-refractivity contribution < 1.29 is 13.4 Å². The Hall–Kier alpha value is -1.73. The van der Waals surface area contributed by atoms with Gasteiger partial charge in [-0.1, -0.05) is 29.8 Å². The average molecular weight is 398 g/mol. The number of benzene rings is 1. The van der Waals surface area contributed by atoms with Crippen molar-refractivity contribution in [2.24, 2.45) is 5.92 Å². The summed E-state index contributed by atoms with van der Waals surface area (Å²) < 4.78 is 25.5. The van der Waals surface area contributed by atoms with Gasteiger partial charge in [-0.2, -0.15) is 5.10 Å². The second-order valence-corrected chi connectivity index (χ2v) is 8.60. The fourth-order valence-corrected chi connectivity index (χ4v) is 4.67. The number of carbonyl (C=O) groups excluding carboxylic acids is 1. The first kappa shape index (κ1) is 19.0. The van der Waals surface area contributed by atoms with Gasteiger partial charge in [-0.05, 0) is 31.2 Å². The third kappa shape index (κ3) is 4.92. The Morgan fingerprint density at radius 1 is 1.35 bits per heavy atom. The lowest BCUT2D eigenvalue weighted by Crippen LogP contribution is -2.34. The Labute approximate surface area is 159 Å². The standard InChI is InChI=1S/C18H21ClFN3O2S/c19-17-11-16(21-22-17)18(24)23(12-14-3-1-2-4-15(14)20)8-5-13-6-9-26(25)10-7-13/h1-4,11,13H,5-10,12H2,(H,21,22). The van der Waals surface area contributed by atoms with Gasteiger partial charge >= 0.3 is 0 Å². The minimum Gasteiger partial charge on any atom is -0.333 e. The van der Waals surface area contributed by atoms with Crippen LogP contribution in [-0.4, -0.2) is 43.3 Å². The lowest BCUT2D eigenvalue weighted by Gasteiger charge is -2.27. The number of aromatic amines is 1. The first-order valence-electron chi connectivity index (χ1n) is 8.61. The van der Waals surface area contributed by atoms with Gasteiger partial charge in [0.05, 0.1) is 0 Å². The van der Waals surface area contributed by atoms with E-state index in [0.717, 1.165) is 30.8 Å². The topological polar surface area (TPSA) is 66.1 Å². The summed E-state index contributed by atoms with van der Waals surface area (Å²) in [5.74, 6) is 1.27. The molecule has 1 amide bonds. The summed E-state index contributed by atoms with van der Waals surface area (Å²) >= 11 is 5.83. The molecular formula is C18H21ClFN3O2S.